The fourth-order valence-electron chi connectivity index (χ4n) is 3.92. The van der Waals surface area contributed by atoms with Gasteiger partial charge in [0.1, 0.15) is 12.6 Å². The zero-order valence-corrected chi connectivity index (χ0v) is 19.8. The van der Waals surface area contributed by atoms with Crippen LogP contribution in [0.4, 0.5) is 0 Å². The fraction of sp³-hybridized carbons (Fsp3) is 0.194. The molecule has 178 valence electrons. The van der Waals surface area contributed by atoms with E-state index in [0.717, 1.165) is 22.3 Å². The summed E-state index contributed by atoms with van der Waals surface area (Å²) in [5.41, 5.74) is 4.30. The van der Waals surface area contributed by atoms with E-state index in [9.17, 15) is 4.79 Å². The highest BCUT2D eigenvalue weighted by molar-refractivity contribution is 5.76. The first kappa shape index (κ1) is 24.4. The van der Waals surface area contributed by atoms with Gasteiger partial charge in [-0.3, -0.25) is 9.69 Å². The molecule has 4 rings (SSSR count). The number of hydrogen-bond donors (Lipinski definition) is 0. The normalized spacial score (nSPS) is 11.8. The Morgan fingerprint density at radius 2 is 0.971 bits per heavy atom. The van der Waals surface area contributed by atoms with Crippen LogP contribution in [0.15, 0.2) is 121 Å². The number of ether oxygens (including phenoxy) is 2. The van der Waals surface area contributed by atoms with Crippen molar-refractivity contribution in [3.63, 3.8) is 0 Å². The molecule has 0 saturated heterocycles. The number of carbonyl (C=O) groups is 1. The van der Waals surface area contributed by atoms with Crippen LogP contribution in [0.5, 0.6) is 0 Å². The summed E-state index contributed by atoms with van der Waals surface area (Å²) in [5.74, 6) is -0.284. The quantitative estimate of drug-likeness (QED) is 0.240. The Kier molecular flexibility index (Phi) is 9.22. The van der Waals surface area contributed by atoms with E-state index in [1.165, 1.54) is 0 Å². The molecular weight excluding hydrogens is 434 g/mol. The summed E-state index contributed by atoms with van der Waals surface area (Å²) in [5, 5.41) is 0. The first-order chi connectivity index (χ1) is 17.3. The van der Waals surface area contributed by atoms with Crippen LogP contribution in [0.1, 0.15) is 22.3 Å². The van der Waals surface area contributed by atoms with Crippen molar-refractivity contribution >= 4 is 5.97 Å². The molecule has 0 fully saturated rings. The molecule has 0 radical (unpaired) electrons. The molecule has 4 aromatic rings. The van der Waals surface area contributed by atoms with Gasteiger partial charge >= 0.3 is 5.97 Å². The monoisotopic (exact) mass is 465 g/mol. The molecule has 0 aliphatic carbocycles. The van der Waals surface area contributed by atoms with Gasteiger partial charge in [-0.05, 0) is 22.3 Å². The van der Waals surface area contributed by atoms with Gasteiger partial charge in [0.15, 0.2) is 0 Å². The van der Waals surface area contributed by atoms with E-state index in [0.29, 0.717) is 19.7 Å². The summed E-state index contributed by atoms with van der Waals surface area (Å²) < 4.78 is 11.9. The second kappa shape index (κ2) is 13.2. The van der Waals surface area contributed by atoms with E-state index in [-0.39, 0.29) is 19.2 Å². The number of esters is 1. The summed E-state index contributed by atoms with van der Waals surface area (Å²) in [6.07, 6.45) is 0. The van der Waals surface area contributed by atoms with Crippen molar-refractivity contribution in [3.05, 3.63) is 144 Å². The maximum absolute atomic E-state index is 13.4. The van der Waals surface area contributed by atoms with Gasteiger partial charge < -0.3 is 9.47 Å². The standard InChI is InChI=1S/C31H31NO3/c33-31(35-24-29-19-11-4-12-20-29)30(25-34-23-28-17-9-3-10-18-28)32(21-26-13-5-1-6-14-26)22-27-15-7-2-8-16-27/h1-20,30H,21-25H2/t30-/m0/s1. The van der Waals surface area contributed by atoms with Gasteiger partial charge in [-0.2, -0.15) is 0 Å². The van der Waals surface area contributed by atoms with Crippen molar-refractivity contribution in [3.8, 4) is 0 Å². The molecule has 0 spiro atoms. The minimum absolute atomic E-state index is 0.235. The number of benzene rings is 4. The Morgan fingerprint density at radius 1 is 0.571 bits per heavy atom. The van der Waals surface area contributed by atoms with Crippen LogP contribution < -0.4 is 0 Å². The zero-order chi connectivity index (χ0) is 24.1. The first-order valence-corrected chi connectivity index (χ1v) is 11.9. The predicted molar refractivity (Wildman–Crippen MR) is 138 cm³/mol. The summed E-state index contributed by atoms with van der Waals surface area (Å²) in [7, 11) is 0. The zero-order valence-electron chi connectivity index (χ0n) is 19.8. The van der Waals surface area contributed by atoms with Gasteiger partial charge in [0.25, 0.3) is 0 Å². The summed E-state index contributed by atoms with van der Waals surface area (Å²) in [4.78, 5) is 15.6. The molecule has 0 heterocycles. The molecule has 0 unspecified atom stereocenters. The molecule has 4 nitrogen and oxygen atoms in total. The van der Waals surface area contributed by atoms with Crippen molar-refractivity contribution in [2.24, 2.45) is 0 Å². The first-order valence-electron chi connectivity index (χ1n) is 11.9. The van der Waals surface area contributed by atoms with Gasteiger partial charge in [0, 0.05) is 13.1 Å². The summed E-state index contributed by atoms with van der Waals surface area (Å²) in [6.45, 7) is 2.13. The smallest absolute Gasteiger partial charge is 0.326 e. The molecule has 4 aromatic carbocycles. The Hall–Kier alpha value is -3.73. The second-order valence-corrected chi connectivity index (χ2v) is 8.49. The molecular formula is C31H31NO3. The average Bonchev–Trinajstić information content (AvgIpc) is 2.92. The average molecular weight is 466 g/mol. The molecule has 4 heteroatoms. The highest BCUT2D eigenvalue weighted by Crippen LogP contribution is 2.17. The third kappa shape index (κ3) is 7.92. The predicted octanol–water partition coefficient (Wildman–Crippen LogP) is 6.02. The molecule has 35 heavy (non-hydrogen) atoms. The lowest BCUT2D eigenvalue weighted by molar-refractivity contribution is -0.155. The van der Waals surface area contributed by atoms with Crippen molar-refractivity contribution < 1.29 is 14.3 Å². The molecule has 0 amide bonds. The third-order valence-electron chi connectivity index (χ3n) is 5.78. The SMILES string of the molecule is O=C(OCc1ccccc1)[C@H](COCc1ccccc1)N(Cc1ccccc1)Cc1ccccc1. The maximum atomic E-state index is 13.4. The van der Waals surface area contributed by atoms with Gasteiger partial charge in [-0.15, -0.1) is 0 Å². The molecule has 1 atom stereocenters. The van der Waals surface area contributed by atoms with Crippen LogP contribution in [0.2, 0.25) is 0 Å². The van der Waals surface area contributed by atoms with Crippen LogP contribution in [0, 0.1) is 0 Å². The number of rotatable bonds is 12. The minimum atomic E-state index is -0.553. The second-order valence-electron chi connectivity index (χ2n) is 8.49. The van der Waals surface area contributed by atoms with E-state index in [1.54, 1.807) is 0 Å². The van der Waals surface area contributed by atoms with Crippen LogP contribution in [0.25, 0.3) is 0 Å². The van der Waals surface area contributed by atoms with Crippen molar-refractivity contribution in [2.45, 2.75) is 32.3 Å². The highest BCUT2D eigenvalue weighted by Gasteiger charge is 2.28. The van der Waals surface area contributed by atoms with Gasteiger partial charge in [0.2, 0.25) is 0 Å². The van der Waals surface area contributed by atoms with Crippen molar-refractivity contribution in [1.82, 2.24) is 4.90 Å². The van der Waals surface area contributed by atoms with E-state index in [1.807, 2.05) is 97.1 Å². The number of hydrogen-bond acceptors (Lipinski definition) is 4. The van der Waals surface area contributed by atoms with Crippen LogP contribution in [-0.2, 0) is 40.6 Å². The van der Waals surface area contributed by atoms with Crippen molar-refractivity contribution in [2.75, 3.05) is 6.61 Å². The van der Waals surface area contributed by atoms with E-state index < -0.39 is 6.04 Å². The minimum Gasteiger partial charge on any atom is -0.460 e. The van der Waals surface area contributed by atoms with Crippen molar-refractivity contribution in [1.29, 1.82) is 0 Å². The van der Waals surface area contributed by atoms with Gasteiger partial charge in [-0.1, -0.05) is 121 Å². The largest absolute Gasteiger partial charge is 0.460 e. The molecule has 0 saturated carbocycles. The Morgan fingerprint density at radius 3 is 1.43 bits per heavy atom. The summed E-state index contributed by atoms with van der Waals surface area (Å²) in [6, 6.07) is 39.6. The molecule has 0 aliphatic heterocycles. The molecule has 0 aliphatic rings. The highest BCUT2D eigenvalue weighted by atomic mass is 16.5. The Labute approximate surface area is 207 Å². The third-order valence-corrected chi connectivity index (χ3v) is 5.78. The lowest BCUT2D eigenvalue weighted by Crippen LogP contribution is -2.44. The number of carbonyl (C=O) groups excluding carboxylic acids is 1. The van der Waals surface area contributed by atoms with E-state index in [4.69, 9.17) is 9.47 Å². The lowest BCUT2D eigenvalue weighted by Gasteiger charge is -2.30. The van der Waals surface area contributed by atoms with Crippen LogP contribution >= 0.6 is 0 Å². The van der Waals surface area contributed by atoms with E-state index in [2.05, 4.69) is 29.2 Å². The lowest BCUT2D eigenvalue weighted by atomic mass is 10.1. The topological polar surface area (TPSA) is 38.8 Å². The van der Waals surface area contributed by atoms with Crippen LogP contribution in [0.3, 0.4) is 0 Å². The summed E-state index contributed by atoms with van der Waals surface area (Å²) >= 11 is 0. The van der Waals surface area contributed by atoms with Crippen LogP contribution in [-0.4, -0.2) is 23.5 Å². The Balaban J connectivity index is 1.53. The molecule has 0 aromatic heterocycles. The van der Waals surface area contributed by atoms with Gasteiger partial charge in [-0.25, -0.2) is 0 Å². The van der Waals surface area contributed by atoms with Gasteiger partial charge in [0.05, 0.1) is 13.2 Å². The molecule has 0 bridgehead atoms. The fourth-order valence-corrected chi connectivity index (χ4v) is 3.92. The molecule has 0 N–H and O–H groups in total. The maximum Gasteiger partial charge on any atom is 0.326 e. The number of nitrogens with zero attached hydrogens (tertiary/aromatic N) is 1. The Bertz CT molecular complexity index is 1090. The van der Waals surface area contributed by atoms with E-state index >= 15 is 0 Å².